The molecule has 1 aromatic carbocycles. The second kappa shape index (κ2) is 6.04. The van der Waals surface area contributed by atoms with Gasteiger partial charge in [0.25, 0.3) is 0 Å². The third kappa shape index (κ3) is 3.80. The average Bonchev–Trinajstić information content (AvgIpc) is 2.83. The van der Waals surface area contributed by atoms with E-state index < -0.39 is 11.7 Å². The van der Waals surface area contributed by atoms with Crippen LogP contribution in [0.1, 0.15) is 23.9 Å². The predicted molar refractivity (Wildman–Crippen MR) is 67.9 cm³/mol. The van der Waals surface area contributed by atoms with Gasteiger partial charge in [-0.25, -0.2) is 9.67 Å². The summed E-state index contributed by atoms with van der Waals surface area (Å²) in [5.74, 6) is 0.624. The van der Waals surface area contributed by atoms with Gasteiger partial charge >= 0.3 is 6.18 Å². The van der Waals surface area contributed by atoms with E-state index in [4.69, 9.17) is 0 Å². The van der Waals surface area contributed by atoms with Crippen LogP contribution in [0.5, 0.6) is 0 Å². The number of aromatic nitrogens is 3. The van der Waals surface area contributed by atoms with Gasteiger partial charge in [-0.2, -0.15) is 18.3 Å². The van der Waals surface area contributed by atoms with Crippen LogP contribution < -0.4 is 5.32 Å². The lowest BCUT2D eigenvalue weighted by molar-refractivity contribution is -0.137. The Morgan fingerprint density at radius 2 is 2.10 bits per heavy atom. The quantitative estimate of drug-likeness (QED) is 0.917. The Morgan fingerprint density at radius 1 is 1.30 bits per heavy atom. The van der Waals surface area contributed by atoms with Crippen LogP contribution in [0.15, 0.2) is 30.6 Å². The van der Waals surface area contributed by atoms with Crippen molar-refractivity contribution in [2.75, 3.05) is 6.54 Å². The van der Waals surface area contributed by atoms with E-state index in [1.54, 1.807) is 6.07 Å². The molecule has 1 heterocycles. The van der Waals surface area contributed by atoms with E-state index in [0.717, 1.165) is 18.7 Å². The van der Waals surface area contributed by atoms with Crippen molar-refractivity contribution >= 4 is 0 Å². The second-order valence-electron chi connectivity index (χ2n) is 4.34. The van der Waals surface area contributed by atoms with Gasteiger partial charge in [-0.15, -0.1) is 0 Å². The summed E-state index contributed by atoms with van der Waals surface area (Å²) >= 11 is 0. The minimum atomic E-state index is -4.32. The molecule has 0 bridgehead atoms. The molecular weight excluding hydrogens is 269 g/mol. The number of nitrogens with zero attached hydrogens (tertiary/aromatic N) is 3. The third-order valence-corrected chi connectivity index (χ3v) is 2.72. The van der Waals surface area contributed by atoms with E-state index in [1.165, 1.54) is 17.1 Å². The Hall–Kier alpha value is -1.89. The molecule has 0 aliphatic heterocycles. The van der Waals surface area contributed by atoms with Gasteiger partial charge in [0.1, 0.15) is 6.33 Å². The normalized spacial score (nSPS) is 11.8. The molecule has 0 aliphatic rings. The molecule has 1 N–H and O–H groups in total. The molecule has 2 aromatic rings. The molecule has 0 unspecified atom stereocenters. The monoisotopic (exact) mass is 284 g/mol. The number of hydrogen-bond acceptors (Lipinski definition) is 3. The molecule has 108 valence electrons. The van der Waals surface area contributed by atoms with Crippen molar-refractivity contribution in [1.29, 1.82) is 0 Å². The van der Waals surface area contributed by atoms with Gasteiger partial charge in [0.2, 0.25) is 0 Å². The smallest absolute Gasteiger partial charge is 0.310 e. The van der Waals surface area contributed by atoms with E-state index in [-0.39, 0.29) is 6.54 Å². The first-order valence-electron chi connectivity index (χ1n) is 6.24. The molecule has 4 nitrogen and oxygen atoms in total. The lowest BCUT2D eigenvalue weighted by Gasteiger charge is -2.08. The summed E-state index contributed by atoms with van der Waals surface area (Å²) in [6.45, 7) is 3.59. The van der Waals surface area contributed by atoms with Gasteiger partial charge in [-0.05, 0) is 24.2 Å². The van der Waals surface area contributed by atoms with Crippen LogP contribution in [0.3, 0.4) is 0 Å². The Labute approximate surface area is 114 Å². The van der Waals surface area contributed by atoms with E-state index in [1.807, 2.05) is 6.92 Å². The number of benzene rings is 1. The van der Waals surface area contributed by atoms with Gasteiger partial charge in [0.15, 0.2) is 5.82 Å². The molecule has 0 spiro atoms. The summed E-state index contributed by atoms with van der Waals surface area (Å²) in [7, 11) is 0. The SMILES string of the molecule is CCNCc1ncn(Cc2cccc(C(F)(F)F)c2)n1. The maximum atomic E-state index is 12.6. The van der Waals surface area contributed by atoms with Crippen molar-refractivity contribution in [3.05, 3.63) is 47.5 Å². The van der Waals surface area contributed by atoms with Crippen LogP contribution >= 0.6 is 0 Å². The Morgan fingerprint density at radius 3 is 2.80 bits per heavy atom. The van der Waals surface area contributed by atoms with Gasteiger partial charge < -0.3 is 5.32 Å². The maximum Gasteiger partial charge on any atom is 0.416 e. The average molecular weight is 284 g/mol. The minimum absolute atomic E-state index is 0.267. The fraction of sp³-hybridized carbons (Fsp3) is 0.385. The summed E-state index contributed by atoms with van der Waals surface area (Å²) < 4.78 is 39.4. The molecule has 0 amide bonds. The van der Waals surface area contributed by atoms with Crippen molar-refractivity contribution in [3.63, 3.8) is 0 Å². The van der Waals surface area contributed by atoms with E-state index in [0.29, 0.717) is 17.9 Å². The maximum absolute atomic E-state index is 12.6. The Kier molecular flexibility index (Phi) is 4.39. The zero-order valence-corrected chi connectivity index (χ0v) is 11.0. The van der Waals surface area contributed by atoms with E-state index >= 15 is 0 Å². The standard InChI is InChI=1S/C13H15F3N4/c1-2-17-7-12-18-9-20(19-12)8-10-4-3-5-11(6-10)13(14,15)16/h3-6,9,17H,2,7-8H2,1H3. The number of rotatable bonds is 5. The largest absolute Gasteiger partial charge is 0.416 e. The Balaban J connectivity index is 2.08. The van der Waals surface area contributed by atoms with Crippen LogP contribution in [0.4, 0.5) is 13.2 Å². The molecule has 7 heteroatoms. The third-order valence-electron chi connectivity index (χ3n) is 2.72. The minimum Gasteiger partial charge on any atom is -0.310 e. The lowest BCUT2D eigenvalue weighted by Crippen LogP contribution is -2.13. The second-order valence-corrected chi connectivity index (χ2v) is 4.34. The molecule has 0 aliphatic carbocycles. The highest BCUT2D eigenvalue weighted by atomic mass is 19.4. The van der Waals surface area contributed by atoms with E-state index in [2.05, 4.69) is 15.4 Å². The first kappa shape index (κ1) is 14.5. The number of nitrogens with one attached hydrogen (secondary N) is 1. The summed E-state index contributed by atoms with van der Waals surface area (Å²) in [5, 5.41) is 7.28. The van der Waals surface area contributed by atoms with Crippen LogP contribution in [-0.4, -0.2) is 21.3 Å². The van der Waals surface area contributed by atoms with Crippen molar-refractivity contribution in [3.8, 4) is 0 Å². The van der Waals surface area contributed by atoms with Crippen LogP contribution in [0.25, 0.3) is 0 Å². The molecule has 0 radical (unpaired) electrons. The summed E-state index contributed by atoms with van der Waals surface area (Å²) in [6.07, 6.45) is -2.80. The topological polar surface area (TPSA) is 42.7 Å². The first-order chi connectivity index (χ1) is 9.49. The van der Waals surface area contributed by atoms with Crippen molar-refractivity contribution < 1.29 is 13.2 Å². The molecule has 0 saturated heterocycles. The lowest BCUT2D eigenvalue weighted by atomic mass is 10.1. The molecule has 0 atom stereocenters. The first-order valence-corrected chi connectivity index (χ1v) is 6.24. The molecule has 20 heavy (non-hydrogen) atoms. The molecule has 2 rings (SSSR count). The molecular formula is C13H15F3N4. The number of hydrogen-bond donors (Lipinski definition) is 1. The van der Waals surface area contributed by atoms with Gasteiger partial charge in [-0.3, -0.25) is 0 Å². The fourth-order valence-electron chi connectivity index (χ4n) is 1.76. The fourth-order valence-corrected chi connectivity index (χ4v) is 1.76. The zero-order chi connectivity index (χ0) is 14.6. The van der Waals surface area contributed by atoms with Gasteiger partial charge in [0.05, 0.1) is 18.7 Å². The Bertz CT molecular complexity index is 563. The van der Waals surface area contributed by atoms with Crippen molar-refractivity contribution in [2.24, 2.45) is 0 Å². The molecule has 0 fully saturated rings. The molecule has 1 aromatic heterocycles. The number of halogens is 3. The summed E-state index contributed by atoms with van der Waals surface area (Å²) in [4.78, 5) is 4.09. The summed E-state index contributed by atoms with van der Waals surface area (Å²) in [6, 6.07) is 5.22. The van der Waals surface area contributed by atoms with E-state index in [9.17, 15) is 13.2 Å². The number of alkyl halides is 3. The van der Waals surface area contributed by atoms with Crippen LogP contribution in [-0.2, 0) is 19.3 Å². The van der Waals surface area contributed by atoms with Gasteiger partial charge in [-0.1, -0.05) is 19.1 Å². The predicted octanol–water partition coefficient (Wildman–Crippen LogP) is 2.45. The highest BCUT2D eigenvalue weighted by molar-refractivity contribution is 5.25. The molecule has 0 saturated carbocycles. The summed E-state index contributed by atoms with van der Waals surface area (Å²) in [5.41, 5.74) is -0.109. The van der Waals surface area contributed by atoms with Gasteiger partial charge in [0, 0.05) is 0 Å². The van der Waals surface area contributed by atoms with Crippen molar-refractivity contribution in [2.45, 2.75) is 26.2 Å². The van der Waals surface area contributed by atoms with Crippen LogP contribution in [0, 0.1) is 0 Å². The van der Waals surface area contributed by atoms with Crippen molar-refractivity contribution in [1.82, 2.24) is 20.1 Å². The highest BCUT2D eigenvalue weighted by Crippen LogP contribution is 2.29. The van der Waals surface area contributed by atoms with Crippen LogP contribution in [0.2, 0.25) is 0 Å². The highest BCUT2D eigenvalue weighted by Gasteiger charge is 2.30. The zero-order valence-electron chi connectivity index (χ0n) is 11.0.